The molecule has 3 heterocycles. The Morgan fingerprint density at radius 1 is 1.21 bits per heavy atom. The molecule has 3 aromatic rings. The summed E-state index contributed by atoms with van der Waals surface area (Å²) in [5, 5.41) is 14.9. The highest BCUT2D eigenvalue weighted by molar-refractivity contribution is 5.83. The maximum absolute atomic E-state index is 12.5. The summed E-state index contributed by atoms with van der Waals surface area (Å²) >= 11 is 0. The lowest BCUT2D eigenvalue weighted by Gasteiger charge is -2.32. The molecule has 0 saturated carbocycles. The van der Waals surface area contributed by atoms with Crippen LogP contribution in [0, 0.1) is 5.92 Å². The second kappa shape index (κ2) is 8.29. The Kier molecular flexibility index (Phi) is 5.41. The Bertz CT molecular complexity index is 1010. The number of aromatic nitrogens is 5. The number of nitrogens with zero attached hydrogens (tertiary/aromatic N) is 6. The molecule has 0 aliphatic carbocycles. The molecule has 4 rings (SSSR count). The number of rotatable bonds is 6. The van der Waals surface area contributed by atoms with Crippen LogP contribution in [0.3, 0.4) is 0 Å². The first-order valence-electron chi connectivity index (χ1n) is 9.70. The van der Waals surface area contributed by atoms with Gasteiger partial charge in [0.15, 0.2) is 0 Å². The van der Waals surface area contributed by atoms with Gasteiger partial charge in [-0.3, -0.25) is 9.59 Å². The summed E-state index contributed by atoms with van der Waals surface area (Å²) in [6.45, 7) is 2.16. The van der Waals surface area contributed by atoms with E-state index in [1.54, 1.807) is 4.90 Å². The lowest BCUT2D eigenvalue weighted by Crippen LogP contribution is -2.45. The van der Waals surface area contributed by atoms with Gasteiger partial charge in [-0.1, -0.05) is 23.3 Å². The average molecular weight is 396 g/mol. The molecule has 29 heavy (non-hydrogen) atoms. The van der Waals surface area contributed by atoms with Crippen LogP contribution in [0.4, 0.5) is 5.95 Å². The number of para-hydroxylation sites is 1. The van der Waals surface area contributed by atoms with E-state index in [4.69, 9.17) is 5.73 Å². The van der Waals surface area contributed by atoms with Gasteiger partial charge in [-0.25, -0.2) is 4.68 Å². The minimum absolute atomic E-state index is 0.0264. The third-order valence-corrected chi connectivity index (χ3v) is 5.30. The van der Waals surface area contributed by atoms with Crippen molar-refractivity contribution in [1.29, 1.82) is 0 Å². The molecular weight excluding hydrogens is 372 g/mol. The summed E-state index contributed by atoms with van der Waals surface area (Å²) in [5.74, 6) is 0.246. The van der Waals surface area contributed by atoms with Crippen LogP contribution in [0.15, 0.2) is 36.5 Å². The molecule has 3 N–H and O–H groups in total. The zero-order valence-electron chi connectivity index (χ0n) is 16.1. The zero-order valence-corrected chi connectivity index (χ0v) is 16.1. The molecule has 2 aromatic heterocycles. The van der Waals surface area contributed by atoms with Crippen LogP contribution in [-0.4, -0.2) is 61.1 Å². The van der Waals surface area contributed by atoms with E-state index in [-0.39, 0.29) is 36.8 Å². The standard InChI is InChI=1S/C19H24N8O2/c20-19-22-23-24-27(19)13-18(29)26-8-3-4-14(11-26)10-21-17(28)12-25-9-7-15-5-1-2-6-16(15)25/h1-2,5-7,9,14H,3-4,8,10-13H2,(H,21,28)(H2,20,22,24). The van der Waals surface area contributed by atoms with Gasteiger partial charge in [0.05, 0.1) is 0 Å². The Balaban J connectivity index is 1.27. The third-order valence-electron chi connectivity index (χ3n) is 5.30. The lowest BCUT2D eigenvalue weighted by molar-refractivity contribution is -0.133. The van der Waals surface area contributed by atoms with Crippen molar-refractivity contribution >= 4 is 28.7 Å². The first-order valence-corrected chi connectivity index (χ1v) is 9.70. The first kappa shape index (κ1) is 18.9. The third kappa shape index (κ3) is 4.36. The monoisotopic (exact) mass is 396 g/mol. The highest BCUT2D eigenvalue weighted by Gasteiger charge is 2.24. The highest BCUT2D eigenvalue weighted by atomic mass is 16.2. The Morgan fingerprint density at radius 3 is 2.90 bits per heavy atom. The number of carbonyl (C=O) groups excluding carboxylic acids is 2. The van der Waals surface area contributed by atoms with Gasteiger partial charge < -0.3 is 20.5 Å². The van der Waals surface area contributed by atoms with Crippen molar-refractivity contribution in [3.05, 3.63) is 36.5 Å². The van der Waals surface area contributed by atoms with E-state index in [0.717, 1.165) is 23.7 Å². The van der Waals surface area contributed by atoms with Crippen LogP contribution in [0.5, 0.6) is 0 Å². The topological polar surface area (TPSA) is 124 Å². The van der Waals surface area contributed by atoms with E-state index in [0.29, 0.717) is 19.6 Å². The Labute approximate surface area is 167 Å². The molecule has 0 spiro atoms. The molecule has 0 bridgehead atoms. The van der Waals surface area contributed by atoms with Crippen LogP contribution in [0.1, 0.15) is 12.8 Å². The molecule has 10 heteroatoms. The molecule has 1 saturated heterocycles. The zero-order chi connectivity index (χ0) is 20.2. The number of piperidine rings is 1. The maximum Gasteiger partial charge on any atom is 0.244 e. The number of nitrogens with two attached hydrogens (primary N) is 1. The van der Waals surface area contributed by atoms with Crippen molar-refractivity contribution in [2.24, 2.45) is 5.92 Å². The van der Waals surface area contributed by atoms with Crippen LogP contribution < -0.4 is 11.1 Å². The van der Waals surface area contributed by atoms with Gasteiger partial charge in [0.25, 0.3) is 0 Å². The Morgan fingerprint density at radius 2 is 2.07 bits per heavy atom. The molecule has 10 nitrogen and oxygen atoms in total. The number of nitrogen functional groups attached to an aromatic ring is 1. The number of carbonyl (C=O) groups is 2. The molecular formula is C19H24N8O2. The van der Waals surface area contributed by atoms with Gasteiger partial charge in [0, 0.05) is 31.3 Å². The summed E-state index contributed by atoms with van der Waals surface area (Å²) in [4.78, 5) is 26.7. The number of tetrazole rings is 1. The van der Waals surface area contributed by atoms with Crippen LogP contribution in [-0.2, 0) is 22.7 Å². The fraction of sp³-hybridized carbons (Fsp3) is 0.421. The van der Waals surface area contributed by atoms with Crippen molar-refractivity contribution in [3.8, 4) is 0 Å². The van der Waals surface area contributed by atoms with Crippen molar-refractivity contribution < 1.29 is 9.59 Å². The van der Waals surface area contributed by atoms with Gasteiger partial charge >= 0.3 is 0 Å². The van der Waals surface area contributed by atoms with Crippen molar-refractivity contribution in [2.45, 2.75) is 25.9 Å². The fourth-order valence-electron chi connectivity index (χ4n) is 3.76. The van der Waals surface area contributed by atoms with Crippen LogP contribution >= 0.6 is 0 Å². The minimum Gasteiger partial charge on any atom is -0.367 e. The van der Waals surface area contributed by atoms with E-state index in [1.807, 2.05) is 41.1 Å². The summed E-state index contributed by atoms with van der Waals surface area (Å²) in [6, 6.07) is 9.99. The number of nitrogens with one attached hydrogen (secondary N) is 1. The van der Waals surface area contributed by atoms with Gasteiger partial charge in [0.2, 0.25) is 17.8 Å². The average Bonchev–Trinajstić information content (AvgIpc) is 3.33. The maximum atomic E-state index is 12.5. The second-order valence-electron chi connectivity index (χ2n) is 7.35. The summed E-state index contributed by atoms with van der Waals surface area (Å²) in [7, 11) is 0. The number of anilines is 1. The number of likely N-dealkylation sites (tertiary alicyclic amines) is 1. The molecule has 1 aromatic carbocycles. The summed E-state index contributed by atoms with van der Waals surface area (Å²) < 4.78 is 3.23. The number of fused-ring (bicyclic) bond motifs is 1. The number of hydrogen-bond donors (Lipinski definition) is 2. The van der Waals surface area contributed by atoms with Gasteiger partial charge in [-0.2, -0.15) is 0 Å². The number of amides is 2. The van der Waals surface area contributed by atoms with E-state index in [1.165, 1.54) is 4.68 Å². The minimum atomic E-state index is -0.0705. The van der Waals surface area contributed by atoms with E-state index >= 15 is 0 Å². The van der Waals surface area contributed by atoms with Crippen LogP contribution in [0.2, 0.25) is 0 Å². The largest absolute Gasteiger partial charge is 0.367 e. The van der Waals surface area contributed by atoms with Gasteiger partial charge in [-0.05, 0) is 46.7 Å². The van der Waals surface area contributed by atoms with E-state index < -0.39 is 0 Å². The van der Waals surface area contributed by atoms with Crippen LogP contribution in [0.25, 0.3) is 10.9 Å². The SMILES string of the molecule is Nc1nnnn1CC(=O)N1CCCC(CNC(=O)Cn2ccc3ccccc32)C1. The molecule has 1 unspecified atom stereocenters. The van der Waals surface area contributed by atoms with Gasteiger partial charge in [0.1, 0.15) is 13.1 Å². The van der Waals surface area contributed by atoms with E-state index in [2.05, 4.69) is 20.8 Å². The highest BCUT2D eigenvalue weighted by Crippen LogP contribution is 2.17. The van der Waals surface area contributed by atoms with Crippen molar-refractivity contribution in [1.82, 2.24) is 35.0 Å². The molecule has 2 amide bonds. The van der Waals surface area contributed by atoms with E-state index in [9.17, 15) is 9.59 Å². The predicted molar refractivity (Wildman–Crippen MR) is 106 cm³/mol. The molecule has 1 atom stereocenters. The second-order valence-corrected chi connectivity index (χ2v) is 7.35. The van der Waals surface area contributed by atoms with Crippen molar-refractivity contribution in [2.75, 3.05) is 25.4 Å². The Hall–Kier alpha value is -3.43. The summed E-state index contributed by atoms with van der Waals surface area (Å²) in [6.07, 6.45) is 3.80. The predicted octanol–water partition coefficient (Wildman–Crippen LogP) is 0.265. The molecule has 1 aliphatic heterocycles. The molecule has 1 aliphatic rings. The molecule has 152 valence electrons. The quantitative estimate of drug-likeness (QED) is 0.616. The number of hydrogen-bond acceptors (Lipinski definition) is 6. The molecule has 0 radical (unpaired) electrons. The molecule has 1 fully saturated rings. The summed E-state index contributed by atoms with van der Waals surface area (Å²) in [5.41, 5.74) is 6.66. The lowest BCUT2D eigenvalue weighted by atomic mass is 9.98. The number of benzene rings is 1. The van der Waals surface area contributed by atoms with Crippen molar-refractivity contribution in [3.63, 3.8) is 0 Å². The van der Waals surface area contributed by atoms with Gasteiger partial charge in [-0.15, -0.1) is 0 Å². The normalized spacial score (nSPS) is 16.8. The fourth-order valence-corrected chi connectivity index (χ4v) is 3.76. The first-order chi connectivity index (χ1) is 14.1. The smallest absolute Gasteiger partial charge is 0.244 e.